The summed E-state index contributed by atoms with van der Waals surface area (Å²) in [6.07, 6.45) is 6.61. The molecule has 0 unspecified atom stereocenters. The van der Waals surface area contributed by atoms with Crippen LogP contribution in [0.25, 0.3) is 11.1 Å². The topological polar surface area (TPSA) is 73.9 Å². The largest absolute Gasteiger partial charge is 0.487 e. The van der Waals surface area contributed by atoms with Crippen molar-refractivity contribution in [2.75, 3.05) is 5.73 Å². The molecule has 0 bridgehead atoms. The maximum atomic E-state index is 6.13. The third kappa shape index (κ3) is 3.88. The van der Waals surface area contributed by atoms with Crippen molar-refractivity contribution in [3.8, 4) is 16.9 Å². The molecule has 23 heavy (non-hydrogen) atoms. The first-order valence-electron chi connectivity index (χ1n) is 6.71. The number of halogens is 2. The van der Waals surface area contributed by atoms with Crippen molar-refractivity contribution in [3.63, 3.8) is 0 Å². The van der Waals surface area contributed by atoms with E-state index in [1.807, 2.05) is 12.1 Å². The number of rotatable bonds is 4. The normalized spacial score (nSPS) is 10.5. The van der Waals surface area contributed by atoms with E-state index in [-0.39, 0.29) is 5.95 Å². The Morgan fingerprint density at radius 2 is 1.74 bits per heavy atom. The first-order valence-corrected chi connectivity index (χ1v) is 7.47. The van der Waals surface area contributed by atoms with Gasteiger partial charge in [-0.1, -0.05) is 29.3 Å². The summed E-state index contributed by atoms with van der Waals surface area (Å²) in [6, 6.07) is 7.14. The van der Waals surface area contributed by atoms with Gasteiger partial charge >= 0.3 is 0 Å². The number of nitrogen functional groups attached to an aromatic ring is 1. The Labute approximate surface area is 143 Å². The molecule has 0 aliphatic heterocycles. The minimum atomic E-state index is 0.228. The predicted octanol–water partition coefficient (Wildman–Crippen LogP) is 4.01. The van der Waals surface area contributed by atoms with Gasteiger partial charge in [-0.05, 0) is 18.2 Å². The Morgan fingerprint density at radius 1 is 0.957 bits per heavy atom. The molecule has 0 radical (unpaired) electrons. The van der Waals surface area contributed by atoms with Crippen LogP contribution in [0.5, 0.6) is 5.75 Å². The fraction of sp³-hybridized carbons (Fsp3) is 0.0625. The highest BCUT2D eigenvalue weighted by atomic mass is 35.5. The van der Waals surface area contributed by atoms with E-state index in [2.05, 4.69) is 15.0 Å². The average molecular weight is 347 g/mol. The maximum absolute atomic E-state index is 6.13. The molecule has 0 saturated carbocycles. The van der Waals surface area contributed by atoms with E-state index in [0.29, 0.717) is 22.4 Å². The Bertz CT molecular complexity index is 825. The predicted molar refractivity (Wildman–Crippen MR) is 90.5 cm³/mol. The fourth-order valence-electron chi connectivity index (χ4n) is 1.94. The summed E-state index contributed by atoms with van der Waals surface area (Å²) in [5.41, 5.74) is 7.98. The third-order valence-corrected chi connectivity index (χ3v) is 3.71. The van der Waals surface area contributed by atoms with Gasteiger partial charge in [0.2, 0.25) is 5.95 Å². The number of anilines is 1. The zero-order chi connectivity index (χ0) is 16.2. The number of hydrogen-bond donors (Lipinski definition) is 1. The number of hydrogen-bond acceptors (Lipinski definition) is 5. The van der Waals surface area contributed by atoms with Crippen molar-refractivity contribution in [2.45, 2.75) is 6.61 Å². The number of nitrogens with zero attached hydrogens (tertiary/aromatic N) is 3. The maximum Gasteiger partial charge on any atom is 0.219 e. The van der Waals surface area contributed by atoms with Crippen LogP contribution in [0.4, 0.5) is 5.95 Å². The highest BCUT2D eigenvalue weighted by Crippen LogP contribution is 2.25. The molecule has 0 fully saturated rings. The second-order valence-corrected chi connectivity index (χ2v) is 5.61. The van der Waals surface area contributed by atoms with Crippen LogP contribution in [0.1, 0.15) is 5.56 Å². The molecule has 2 heterocycles. The molecule has 1 aromatic carbocycles. The van der Waals surface area contributed by atoms with Gasteiger partial charge in [-0.3, -0.25) is 4.98 Å². The molecule has 116 valence electrons. The van der Waals surface area contributed by atoms with Crippen molar-refractivity contribution in [1.29, 1.82) is 0 Å². The van der Waals surface area contributed by atoms with Crippen molar-refractivity contribution in [2.24, 2.45) is 0 Å². The number of pyridine rings is 1. The zero-order valence-corrected chi connectivity index (χ0v) is 13.4. The molecule has 0 spiro atoms. The summed E-state index contributed by atoms with van der Waals surface area (Å²) < 4.78 is 5.74. The van der Waals surface area contributed by atoms with Crippen LogP contribution < -0.4 is 10.5 Å². The first-order chi connectivity index (χ1) is 11.1. The fourth-order valence-corrected chi connectivity index (χ4v) is 2.41. The van der Waals surface area contributed by atoms with E-state index in [1.54, 1.807) is 36.9 Å². The standard InChI is InChI=1S/C16H12Cl2N4O/c17-13-2-1-10(15(18)4-13)9-23-14-3-11(5-20-8-14)12-6-21-16(19)22-7-12/h1-8H,9H2,(H2,19,21,22). The monoisotopic (exact) mass is 346 g/mol. The Balaban J connectivity index is 1.76. The van der Waals surface area contributed by atoms with Gasteiger partial charge in [0.25, 0.3) is 0 Å². The zero-order valence-electron chi connectivity index (χ0n) is 11.9. The van der Waals surface area contributed by atoms with E-state index in [1.165, 1.54) is 0 Å². The lowest BCUT2D eigenvalue weighted by atomic mass is 10.1. The van der Waals surface area contributed by atoms with Gasteiger partial charge in [0.05, 0.1) is 6.20 Å². The van der Waals surface area contributed by atoms with Gasteiger partial charge < -0.3 is 10.5 Å². The molecule has 3 aromatic rings. The summed E-state index contributed by atoms with van der Waals surface area (Å²) in [4.78, 5) is 12.1. The summed E-state index contributed by atoms with van der Waals surface area (Å²) >= 11 is 12.0. The molecule has 0 aliphatic carbocycles. The third-order valence-electron chi connectivity index (χ3n) is 3.13. The quantitative estimate of drug-likeness (QED) is 0.772. The molecule has 2 N–H and O–H groups in total. The number of nitrogens with two attached hydrogens (primary N) is 1. The second kappa shape index (κ2) is 6.81. The Hall–Kier alpha value is -2.37. The van der Waals surface area contributed by atoms with E-state index >= 15 is 0 Å². The average Bonchev–Trinajstić information content (AvgIpc) is 2.55. The summed E-state index contributed by atoms with van der Waals surface area (Å²) in [7, 11) is 0. The minimum absolute atomic E-state index is 0.228. The van der Waals surface area contributed by atoms with Gasteiger partial charge in [0.15, 0.2) is 0 Å². The molecular weight excluding hydrogens is 335 g/mol. The van der Waals surface area contributed by atoms with Crippen molar-refractivity contribution in [3.05, 3.63) is 64.7 Å². The molecule has 3 rings (SSSR count). The molecule has 0 atom stereocenters. The van der Waals surface area contributed by atoms with Crippen LogP contribution in [0.2, 0.25) is 10.0 Å². The van der Waals surface area contributed by atoms with E-state index < -0.39 is 0 Å². The van der Waals surface area contributed by atoms with Crippen LogP contribution in [0, 0.1) is 0 Å². The highest BCUT2D eigenvalue weighted by molar-refractivity contribution is 6.35. The van der Waals surface area contributed by atoms with Crippen LogP contribution in [0.15, 0.2) is 49.1 Å². The first kappa shape index (κ1) is 15.5. The SMILES string of the molecule is Nc1ncc(-c2cncc(OCc3ccc(Cl)cc3Cl)c2)cn1. The van der Waals surface area contributed by atoms with Crippen molar-refractivity contribution in [1.82, 2.24) is 15.0 Å². The molecule has 7 heteroatoms. The van der Waals surface area contributed by atoms with Crippen molar-refractivity contribution < 1.29 is 4.74 Å². The molecule has 0 saturated heterocycles. The molecular formula is C16H12Cl2N4O. The smallest absolute Gasteiger partial charge is 0.219 e. The van der Waals surface area contributed by atoms with E-state index in [4.69, 9.17) is 33.7 Å². The van der Waals surface area contributed by atoms with Gasteiger partial charge in [0, 0.05) is 45.3 Å². The van der Waals surface area contributed by atoms with Crippen molar-refractivity contribution >= 4 is 29.2 Å². The van der Waals surface area contributed by atoms with Crippen LogP contribution >= 0.6 is 23.2 Å². The summed E-state index contributed by atoms with van der Waals surface area (Å²) in [5.74, 6) is 0.844. The van der Waals surface area contributed by atoms with Gasteiger partial charge in [-0.2, -0.15) is 0 Å². The summed E-state index contributed by atoms with van der Waals surface area (Å²) in [5, 5.41) is 1.15. The molecule has 0 aliphatic rings. The van der Waals surface area contributed by atoms with Gasteiger partial charge in [0.1, 0.15) is 12.4 Å². The number of aromatic nitrogens is 3. The second-order valence-electron chi connectivity index (χ2n) is 4.76. The lowest BCUT2D eigenvalue weighted by molar-refractivity contribution is 0.305. The highest BCUT2D eigenvalue weighted by Gasteiger charge is 2.05. The van der Waals surface area contributed by atoms with Crippen LogP contribution in [0.3, 0.4) is 0 Å². The molecule has 0 amide bonds. The minimum Gasteiger partial charge on any atom is -0.487 e. The number of ether oxygens (including phenoxy) is 1. The van der Waals surface area contributed by atoms with E-state index in [9.17, 15) is 0 Å². The Kier molecular flexibility index (Phi) is 4.60. The van der Waals surface area contributed by atoms with Gasteiger partial charge in [-0.25, -0.2) is 9.97 Å². The Morgan fingerprint density at radius 3 is 2.48 bits per heavy atom. The molecule has 2 aromatic heterocycles. The number of benzene rings is 1. The summed E-state index contributed by atoms with van der Waals surface area (Å²) in [6.45, 7) is 0.319. The lowest BCUT2D eigenvalue weighted by Gasteiger charge is -2.09. The van der Waals surface area contributed by atoms with Crippen LogP contribution in [-0.2, 0) is 6.61 Å². The van der Waals surface area contributed by atoms with E-state index in [0.717, 1.165) is 16.7 Å². The van der Waals surface area contributed by atoms with Gasteiger partial charge in [-0.15, -0.1) is 0 Å². The lowest BCUT2D eigenvalue weighted by Crippen LogP contribution is -1.97. The van der Waals surface area contributed by atoms with Crippen LogP contribution in [-0.4, -0.2) is 15.0 Å². The molecule has 5 nitrogen and oxygen atoms in total.